The standard InChI is InChI=1S/C13H19BrN2/c1-16-8-4-6-12(16)10-15-9-11-5-2-3-7-13(11)14/h2-3,5,7,12,15H,4,6,8-10H2,1H3. The van der Waals surface area contributed by atoms with Crippen LogP contribution in [0.4, 0.5) is 0 Å². The maximum atomic E-state index is 3.57. The van der Waals surface area contributed by atoms with Crippen molar-refractivity contribution in [2.24, 2.45) is 0 Å². The first kappa shape index (κ1) is 12.1. The summed E-state index contributed by atoms with van der Waals surface area (Å²) < 4.78 is 1.20. The second-order valence-corrected chi connectivity index (χ2v) is 5.35. The monoisotopic (exact) mass is 282 g/mol. The van der Waals surface area contributed by atoms with Gasteiger partial charge in [-0.15, -0.1) is 0 Å². The number of likely N-dealkylation sites (tertiary alicyclic amines) is 1. The number of hydrogen-bond acceptors (Lipinski definition) is 2. The van der Waals surface area contributed by atoms with Gasteiger partial charge in [-0.05, 0) is 38.1 Å². The number of nitrogens with one attached hydrogen (secondary N) is 1. The number of hydrogen-bond donors (Lipinski definition) is 1. The first-order valence-electron chi connectivity index (χ1n) is 5.92. The maximum Gasteiger partial charge on any atom is 0.0220 e. The summed E-state index contributed by atoms with van der Waals surface area (Å²) in [6.07, 6.45) is 2.68. The van der Waals surface area contributed by atoms with E-state index in [2.05, 4.69) is 57.5 Å². The molecule has 1 N–H and O–H groups in total. The van der Waals surface area contributed by atoms with E-state index in [9.17, 15) is 0 Å². The Bertz CT molecular complexity index is 340. The number of nitrogens with zero attached hydrogens (tertiary/aromatic N) is 1. The SMILES string of the molecule is CN1CCCC1CNCc1ccccc1Br. The average molecular weight is 283 g/mol. The molecule has 0 aliphatic carbocycles. The molecule has 16 heavy (non-hydrogen) atoms. The molecule has 0 spiro atoms. The summed E-state index contributed by atoms with van der Waals surface area (Å²) in [5, 5.41) is 3.54. The zero-order valence-corrected chi connectivity index (χ0v) is 11.3. The van der Waals surface area contributed by atoms with Crippen molar-refractivity contribution in [3.05, 3.63) is 34.3 Å². The second-order valence-electron chi connectivity index (χ2n) is 4.50. The van der Waals surface area contributed by atoms with Crippen LogP contribution in [0.25, 0.3) is 0 Å². The third-order valence-corrected chi connectivity index (χ3v) is 4.10. The maximum absolute atomic E-state index is 3.57. The van der Waals surface area contributed by atoms with Crippen LogP contribution in [-0.2, 0) is 6.54 Å². The molecule has 1 aliphatic heterocycles. The molecule has 1 aromatic carbocycles. The minimum atomic E-state index is 0.725. The average Bonchev–Trinajstić information content (AvgIpc) is 2.67. The lowest BCUT2D eigenvalue weighted by molar-refractivity contribution is 0.300. The topological polar surface area (TPSA) is 15.3 Å². The highest BCUT2D eigenvalue weighted by Crippen LogP contribution is 2.16. The molecular weight excluding hydrogens is 264 g/mol. The molecule has 2 rings (SSSR count). The quantitative estimate of drug-likeness (QED) is 0.914. The van der Waals surface area contributed by atoms with Gasteiger partial charge in [-0.25, -0.2) is 0 Å². The summed E-state index contributed by atoms with van der Waals surface area (Å²) in [6.45, 7) is 3.30. The highest BCUT2D eigenvalue weighted by atomic mass is 79.9. The van der Waals surface area contributed by atoms with E-state index in [1.165, 1.54) is 29.4 Å². The third kappa shape index (κ3) is 3.06. The smallest absolute Gasteiger partial charge is 0.0220 e. The lowest BCUT2D eigenvalue weighted by Crippen LogP contribution is -2.35. The van der Waals surface area contributed by atoms with E-state index < -0.39 is 0 Å². The van der Waals surface area contributed by atoms with Crippen LogP contribution in [0.3, 0.4) is 0 Å². The molecule has 1 saturated heterocycles. The molecule has 2 nitrogen and oxygen atoms in total. The molecular formula is C13H19BrN2. The Hall–Kier alpha value is -0.380. The van der Waals surface area contributed by atoms with Gasteiger partial charge >= 0.3 is 0 Å². The van der Waals surface area contributed by atoms with Crippen molar-refractivity contribution >= 4 is 15.9 Å². The zero-order valence-electron chi connectivity index (χ0n) is 9.75. The molecule has 1 aromatic rings. The lowest BCUT2D eigenvalue weighted by Gasteiger charge is -2.19. The van der Waals surface area contributed by atoms with Crippen LogP contribution in [-0.4, -0.2) is 31.1 Å². The van der Waals surface area contributed by atoms with Gasteiger partial charge in [0.05, 0.1) is 0 Å². The summed E-state index contributed by atoms with van der Waals surface area (Å²) in [5.41, 5.74) is 1.34. The van der Waals surface area contributed by atoms with Crippen LogP contribution in [0.2, 0.25) is 0 Å². The summed E-state index contributed by atoms with van der Waals surface area (Å²) in [6, 6.07) is 9.12. The highest BCUT2D eigenvalue weighted by Gasteiger charge is 2.19. The second kappa shape index (κ2) is 5.80. The van der Waals surface area contributed by atoms with Crippen molar-refractivity contribution in [3.63, 3.8) is 0 Å². The van der Waals surface area contributed by atoms with E-state index in [0.29, 0.717) is 0 Å². The molecule has 0 radical (unpaired) electrons. The van der Waals surface area contributed by atoms with Crippen molar-refractivity contribution in [2.75, 3.05) is 20.1 Å². The number of rotatable bonds is 4. The third-order valence-electron chi connectivity index (χ3n) is 3.32. The fourth-order valence-corrected chi connectivity index (χ4v) is 2.68. The lowest BCUT2D eigenvalue weighted by atomic mass is 10.2. The van der Waals surface area contributed by atoms with Crippen LogP contribution >= 0.6 is 15.9 Å². The molecule has 1 atom stereocenters. The van der Waals surface area contributed by atoms with Gasteiger partial charge in [0.15, 0.2) is 0 Å². The van der Waals surface area contributed by atoms with Gasteiger partial charge in [-0.3, -0.25) is 0 Å². The summed E-state index contributed by atoms with van der Waals surface area (Å²) in [4.78, 5) is 2.45. The summed E-state index contributed by atoms with van der Waals surface area (Å²) in [7, 11) is 2.22. The predicted octanol–water partition coefficient (Wildman–Crippen LogP) is 2.63. The Balaban J connectivity index is 1.78. The van der Waals surface area contributed by atoms with Gasteiger partial charge in [0.1, 0.15) is 0 Å². The molecule has 88 valence electrons. The van der Waals surface area contributed by atoms with Crippen molar-refractivity contribution in [3.8, 4) is 0 Å². The molecule has 1 fully saturated rings. The number of halogens is 1. The Morgan fingerprint density at radius 1 is 1.44 bits per heavy atom. The summed E-state index contributed by atoms with van der Waals surface area (Å²) in [5.74, 6) is 0. The zero-order chi connectivity index (χ0) is 11.4. The van der Waals surface area contributed by atoms with Crippen molar-refractivity contribution in [2.45, 2.75) is 25.4 Å². The molecule has 1 unspecified atom stereocenters. The molecule has 3 heteroatoms. The van der Waals surface area contributed by atoms with Gasteiger partial charge in [-0.1, -0.05) is 34.1 Å². The van der Waals surface area contributed by atoms with Crippen molar-refractivity contribution in [1.82, 2.24) is 10.2 Å². The number of likely N-dealkylation sites (N-methyl/N-ethyl adjacent to an activating group) is 1. The van der Waals surface area contributed by atoms with Gasteiger partial charge < -0.3 is 10.2 Å². The Labute approximate surface area is 106 Å². The minimum absolute atomic E-state index is 0.725. The fourth-order valence-electron chi connectivity index (χ4n) is 2.25. The first-order chi connectivity index (χ1) is 7.77. The van der Waals surface area contributed by atoms with E-state index >= 15 is 0 Å². The normalized spacial score (nSPS) is 21.5. The van der Waals surface area contributed by atoms with Crippen LogP contribution in [0.1, 0.15) is 18.4 Å². The first-order valence-corrected chi connectivity index (χ1v) is 6.71. The molecule has 1 heterocycles. The van der Waals surface area contributed by atoms with E-state index in [1.54, 1.807) is 0 Å². The van der Waals surface area contributed by atoms with Crippen LogP contribution in [0.5, 0.6) is 0 Å². The van der Waals surface area contributed by atoms with Gasteiger partial charge in [0, 0.05) is 23.6 Å². The van der Waals surface area contributed by atoms with Crippen LogP contribution < -0.4 is 5.32 Å². The van der Waals surface area contributed by atoms with E-state index in [1.807, 2.05) is 0 Å². The van der Waals surface area contributed by atoms with E-state index in [-0.39, 0.29) is 0 Å². The molecule has 0 amide bonds. The fraction of sp³-hybridized carbons (Fsp3) is 0.538. The predicted molar refractivity (Wildman–Crippen MR) is 71.5 cm³/mol. The van der Waals surface area contributed by atoms with Gasteiger partial charge in [0.25, 0.3) is 0 Å². The Morgan fingerprint density at radius 3 is 2.94 bits per heavy atom. The minimum Gasteiger partial charge on any atom is -0.311 e. The van der Waals surface area contributed by atoms with Gasteiger partial charge in [0.2, 0.25) is 0 Å². The Morgan fingerprint density at radius 2 is 2.25 bits per heavy atom. The molecule has 0 bridgehead atoms. The summed E-state index contributed by atoms with van der Waals surface area (Å²) >= 11 is 3.57. The van der Waals surface area contributed by atoms with Crippen LogP contribution in [0, 0.1) is 0 Å². The van der Waals surface area contributed by atoms with Crippen molar-refractivity contribution < 1.29 is 0 Å². The number of benzene rings is 1. The van der Waals surface area contributed by atoms with E-state index in [0.717, 1.165) is 19.1 Å². The van der Waals surface area contributed by atoms with Crippen molar-refractivity contribution in [1.29, 1.82) is 0 Å². The van der Waals surface area contributed by atoms with Gasteiger partial charge in [-0.2, -0.15) is 0 Å². The molecule has 1 aliphatic rings. The Kier molecular flexibility index (Phi) is 4.38. The highest BCUT2D eigenvalue weighted by molar-refractivity contribution is 9.10. The molecule has 0 saturated carbocycles. The van der Waals surface area contributed by atoms with Crippen LogP contribution in [0.15, 0.2) is 28.7 Å². The molecule has 0 aromatic heterocycles. The van der Waals surface area contributed by atoms with E-state index in [4.69, 9.17) is 0 Å². The largest absolute Gasteiger partial charge is 0.311 e.